The summed E-state index contributed by atoms with van der Waals surface area (Å²) in [6, 6.07) is 7.07. The molecule has 0 spiro atoms. The van der Waals surface area contributed by atoms with Crippen molar-refractivity contribution < 1.29 is 14.7 Å². The molecule has 1 aliphatic heterocycles. The molecule has 2 rings (SSSR count). The van der Waals surface area contributed by atoms with Crippen molar-refractivity contribution >= 4 is 23.5 Å². The van der Waals surface area contributed by atoms with Crippen LogP contribution in [0.25, 0.3) is 0 Å². The minimum Gasteiger partial charge on any atom is -0.391 e. The maximum absolute atomic E-state index is 11.9. The van der Waals surface area contributed by atoms with Gasteiger partial charge in [0.1, 0.15) is 0 Å². The van der Waals surface area contributed by atoms with E-state index in [1.807, 2.05) is 12.1 Å². The molecule has 1 heterocycles. The molecule has 1 atom stereocenters. The maximum atomic E-state index is 11.9. The Morgan fingerprint density at radius 3 is 2.71 bits per heavy atom. The molecule has 0 saturated carbocycles. The lowest BCUT2D eigenvalue weighted by atomic mass is 10.1. The van der Waals surface area contributed by atoms with Crippen LogP contribution < -0.4 is 10.6 Å². The number of nitrogens with zero attached hydrogens (tertiary/aromatic N) is 1. The van der Waals surface area contributed by atoms with Gasteiger partial charge in [0.25, 0.3) is 0 Å². The van der Waals surface area contributed by atoms with Crippen LogP contribution in [0.15, 0.2) is 24.3 Å². The van der Waals surface area contributed by atoms with Crippen LogP contribution in [0.5, 0.6) is 0 Å². The first-order valence-electron chi connectivity index (χ1n) is 8.16. The van der Waals surface area contributed by atoms with Crippen LogP contribution in [0.1, 0.15) is 25.3 Å². The van der Waals surface area contributed by atoms with Crippen LogP contribution in [0.2, 0.25) is 5.02 Å². The van der Waals surface area contributed by atoms with E-state index in [0.717, 1.165) is 18.4 Å². The lowest BCUT2D eigenvalue weighted by molar-refractivity contribution is -0.129. The van der Waals surface area contributed by atoms with Gasteiger partial charge in [0.15, 0.2) is 0 Å². The fourth-order valence-corrected chi connectivity index (χ4v) is 3.01. The van der Waals surface area contributed by atoms with Gasteiger partial charge in [0, 0.05) is 44.0 Å². The first-order valence-corrected chi connectivity index (χ1v) is 8.54. The van der Waals surface area contributed by atoms with Gasteiger partial charge in [0.05, 0.1) is 6.10 Å². The van der Waals surface area contributed by atoms with E-state index in [9.17, 15) is 14.7 Å². The lowest BCUT2D eigenvalue weighted by Gasteiger charge is -2.31. The highest BCUT2D eigenvalue weighted by Crippen LogP contribution is 2.12. The van der Waals surface area contributed by atoms with Gasteiger partial charge < -0.3 is 20.6 Å². The summed E-state index contributed by atoms with van der Waals surface area (Å²) in [7, 11) is 0. The summed E-state index contributed by atoms with van der Waals surface area (Å²) in [5.74, 6) is 0.0713. The van der Waals surface area contributed by atoms with Crippen LogP contribution in [-0.4, -0.2) is 53.7 Å². The number of carbonyl (C=O) groups excluding carboxylic acids is 2. The van der Waals surface area contributed by atoms with Gasteiger partial charge in [-0.15, -0.1) is 0 Å². The smallest absolute Gasteiger partial charge is 0.315 e. The Bertz CT molecular complexity index is 574. The molecule has 1 saturated heterocycles. The number of urea groups is 1. The number of aliphatic hydroxyl groups is 1. The summed E-state index contributed by atoms with van der Waals surface area (Å²) >= 11 is 5.91. The molecule has 3 amide bonds. The Kier molecular flexibility index (Phi) is 6.87. The van der Waals surface area contributed by atoms with Crippen molar-refractivity contribution in [2.24, 2.45) is 0 Å². The van der Waals surface area contributed by atoms with Crippen LogP contribution in [-0.2, 0) is 11.2 Å². The molecule has 7 heteroatoms. The summed E-state index contributed by atoms with van der Waals surface area (Å²) in [6.45, 7) is 3.06. The second-order valence-electron chi connectivity index (χ2n) is 6.12. The normalized spacial score (nSPS) is 16.5. The van der Waals surface area contributed by atoms with Gasteiger partial charge in [-0.2, -0.15) is 0 Å². The van der Waals surface area contributed by atoms with Gasteiger partial charge in [-0.3, -0.25) is 4.79 Å². The van der Waals surface area contributed by atoms with E-state index in [1.165, 1.54) is 0 Å². The van der Waals surface area contributed by atoms with Crippen molar-refractivity contribution in [2.45, 2.75) is 38.3 Å². The lowest BCUT2D eigenvalue weighted by Crippen LogP contribution is -2.49. The predicted molar refractivity (Wildman–Crippen MR) is 93.0 cm³/mol. The average molecular weight is 354 g/mol. The van der Waals surface area contributed by atoms with Crippen LogP contribution in [0.4, 0.5) is 4.79 Å². The third-order valence-corrected chi connectivity index (χ3v) is 4.37. The molecular weight excluding hydrogens is 330 g/mol. The number of hydrogen-bond donors (Lipinski definition) is 3. The number of nitrogens with one attached hydrogen (secondary N) is 2. The highest BCUT2D eigenvalue weighted by molar-refractivity contribution is 6.30. The molecule has 6 nitrogen and oxygen atoms in total. The topological polar surface area (TPSA) is 81.7 Å². The zero-order valence-electron chi connectivity index (χ0n) is 13.8. The number of amides is 3. The van der Waals surface area contributed by atoms with E-state index in [1.54, 1.807) is 24.0 Å². The molecule has 1 aliphatic rings. The minimum atomic E-state index is -0.672. The van der Waals surface area contributed by atoms with Gasteiger partial charge in [-0.25, -0.2) is 4.79 Å². The van der Waals surface area contributed by atoms with Crippen LogP contribution in [0, 0.1) is 0 Å². The van der Waals surface area contributed by atoms with Crippen molar-refractivity contribution in [3.63, 3.8) is 0 Å². The summed E-state index contributed by atoms with van der Waals surface area (Å²) in [5.41, 5.74) is 0.925. The number of piperidine rings is 1. The SMILES string of the molecule is CC(=O)N1CCC(NC(=O)NCC(O)Cc2cccc(Cl)c2)CC1. The van der Waals surface area contributed by atoms with E-state index in [-0.39, 0.29) is 24.5 Å². The number of likely N-dealkylation sites (tertiary alicyclic amines) is 1. The largest absolute Gasteiger partial charge is 0.391 e. The molecule has 0 bridgehead atoms. The molecule has 0 radical (unpaired) electrons. The van der Waals surface area contributed by atoms with Crippen molar-refractivity contribution in [3.8, 4) is 0 Å². The van der Waals surface area contributed by atoms with Gasteiger partial charge in [-0.05, 0) is 30.5 Å². The maximum Gasteiger partial charge on any atom is 0.315 e. The highest BCUT2D eigenvalue weighted by atomic mass is 35.5. The third-order valence-electron chi connectivity index (χ3n) is 4.13. The monoisotopic (exact) mass is 353 g/mol. The molecule has 24 heavy (non-hydrogen) atoms. The molecule has 1 fully saturated rings. The Balaban J connectivity index is 1.67. The predicted octanol–water partition coefficient (Wildman–Crippen LogP) is 1.55. The first-order chi connectivity index (χ1) is 11.4. The summed E-state index contributed by atoms with van der Waals surface area (Å²) in [5, 5.41) is 16.2. The zero-order valence-corrected chi connectivity index (χ0v) is 14.6. The molecule has 132 valence electrons. The van der Waals surface area contributed by atoms with Crippen molar-refractivity contribution in [1.29, 1.82) is 0 Å². The number of aliphatic hydroxyl groups excluding tert-OH is 1. The quantitative estimate of drug-likeness (QED) is 0.751. The Morgan fingerprint density at radius 1 is 1.38 bits per heavy atom. The zero-order chi connectivity index (χ0) is 17.5. The minimum absolute atomic E-state index is 0.0608. The van der Waals surface area contributed by atoms with Gasteiger partial charge >= 0.3 is 6.03 Å². The second-order valence-corrected chi connectivity index (χ2v) is 6.56. The van der Waals surface area contributed by atoms with E-state index in [2.05, 4.69) is 10.6 Å². The Morgan fingerprint density at radius 2 is 2.08 bits per heavy atom. The second kappa shape index (κ2) is 8.89. The highest BCUT2D eigenvalue weighted by Gasteiger charge is 2.22. The van der Waals surface area contributed by atoms with E-state index in [0.29, 0.717) is 24.5 Å². The molecule has 0 aromatic heterocycles. The number of hydrogen-bond acceptors (Lipinski definition) is 3. The van der Waals surface area contributed by atoms with E-state index < -0.39 is 6.10 Å². The van der Waals surface area contributed by atoms with Crippen LogP contribution >= 0.6 is 11.6 Å². The third kappa shape index (κ3) is 6.02. The molecular formula is C17H24ClN3O3. The average Bonchev–Trinajstić information content (AvgIpc) is 2.53. The molecule has 1 unspecified atom stereocenters. The van der Waals surface area contributed by atoms with Crippen molar-refractivity contribution in [1.82, 2.24) is 15.5 Å². The molecule has 0 aliphatic carbocycles. The Hall–Kier alpha value is -1.79. The first kappa shape index (κ1) is 18.5. The van der Waals surface area contributed by atoms with E-state index in [4.69, 9.17) is 11.6 Å². The van der Waals surface area contributed by atoms with Crippen molar-refractivity contribution in [2.75, 3.05) is 19.6 Å². The number of halogens is 1. The number of benzene rings is 1. The van der Waals surface area contributed by atoms with Gasteiger partial charge in [-0.1, -0.05) is 23.7 Å². The van der Waals surface area contributed by atoms with E-state index >= 15 is 0 Å². The number of carbonyl (C=O) groups is 2. The fourth-order valence-electron chi connectivity index (χ4n) is 2.79. The standard InChI is InChI=1S/C17H24ClN3O3/c1-12(22)21-7-5-15(6-8-21)20-17(24)19-11-16(23)10-13-3-2-4-14(18)9-13/h2-4,9,15-16,23H,5-8,10-11H2,1H3,(H2,19,20,24). The fraction of sp³-hybridized carbons (Fsp3) is 0.529. The summed E-state index contributed by atoms with van der Waals surface area (Å²) in [4.78, 5) is 25.0. The summed E-state index contributed by atoms with van der Waals surface area (Å²) < 4.78 is 0. The van der Waals surface area contributed by atoms with Gasteiger partial charge in [0.2, 0.25) is 5.91 Å². The Labute approximate surface area is 147 Å². The van der Waals surface area contributed by atoms with Crippen molar-refractivity contribution in [3.05, 3.63) is 34.9 Å². The van der Waals surface area contributed by atoms with Crippen LogP contribution in [0.3, 0.4) is 0 Å². The molecule has 1 aromatic carbocycles. The molecule has 3 N–H and O–H groups in total. The molecule has 1 aromatic rings. The summed E-state index contributed by atoms with van der Waals surface area (Å²) in [6.07, 6.45) is 1.25. The number of rotatable bonds is 5.